The Balaban J connectivity index is 2.94. The van der Waals surface area contributed by atoms with Gasteiger partial charge in [0.1, 0.15) is 0 Å². The second-order valence-electron chi connectivity index (χ2n) is 2.95. The average Bonchev–Trinajstić information content (AvgIpc) is 2.47. The van der Waals surface area contributed by atoms with Gasteiger partial charge in [-0.3, -0.25) is 4.79 Å². The lowest BCUT2D eigenvalue weighted by molar-refractivity contribution is 0.0898. The smallest absolute Gasteiger partial charge is 0.309 e. The van der Waals surface area contributed by atoms with Crippen LogP contribution < -0.4 is 5.69 Å². The van der Waals surface area contributed by atoms with Crippen LogP contribution in [0.2, 0.25) is 0 Å². The monoisotopic (exact) mass is 182 g/mol. The van der Waals surface area contributed by atoms with Crippen LogP contribution in [0.1, 0.15) is 37.2 Å². The molecule has 1 heterocycles. The van der Waals surface area contributed by atoms with Gasteiger partial charge in [0.25, 0.3) is 0 Å². The van der Waals surface area contributed by atoms with E-state index in [2.05, 4.69) is 4.98 Å². The summed E-state index contributed by atoms with van der Waals surface area (Å²) in [5, 5.41) is 0. The average molecular weight is 182 g/mol. The summed E-state index contributed by atoms with van der Waals surface area (Å²) in [7, 11) is 0. The minimum absolute atomic E-state index is 0.136. The van der Waals surface area contributed by atoms with E-state index in [4.69, 9.17) is 0 Å². The summed E-state index contributed by atoms with van der Waals surface area (Å²) >= 11 is 0. The van der Waals surface area contributed by atoms with E-state index >= 15 is 0 Å². The highest BCUT2D eigenvalue weighted by molar-refractivity contribution is 5.78. The summed E-state index contributed by atoms with van der Waals surface area (Å²) < 4.78 is 1.16. The Morgan fingerprint density at radius 3 is 2.69 bits per heavy atom. The van der Waals surface area contributed by atoms with Gasteiger partial charge in [-0.05, 0) is 12.8 Å². The molecule has 0 radical (unpaired) electrons. The molecule has 0 saturated carbocycles. The number of nitrogens with one attached hydrogen (secondary N) is 1. The Hall–Kier alpha value is -1.32. The highest BCUT2D eigenvalue weighted by atomic mass is 16.2. The number of H-pyrrole nitrogens is 1. The number of hydrogen-bond donors (Lipinski definition) is 1. The van der Waals surface area contributed by atoms with Crippen molar-refractivity contribution >= 4 is 5.91 Å². The Labute approximate surface area is 76.6 Å². The van der Waals surface area contributed by atoms with E-state index in [0.29, 0.717) is 6.42 Å². The van der Waals surface area contributed by atoms with Gasteiger partial charge in [0, 0.05) is 18.3 Å². The molecule has 0 aliphatic rings. The van der Waals surface area contributed by atoms with Crippen molar-refractivity contribution < 1.29 is 4.79 Å². The maximum Gasteiger partial charge on any atom is 0.332 e. The summed E-state index contributed by atoms with van der Waals surface area (Å²) in [6.45, 7) is 3.84. The summed E-state index contributed by atoms with van der Waals surface area (Å²) in [6, 6.07) is 0. The van der Waals surface area contributed by atoms with Crippen LogP contribution in [-0.4, -0.2) is 15.5 Å². The third kappa shape index (κ3) is 2.08. The summed E-state index contributed by atoms with van der Waals surface area (Å²) in [4.78, 5) is 25.2. The van der Waals surface area contributed by atoms with Crippen LogP contribution in [0.25, 0.3) is 0 Å². The van der Waals surface area contributed by atoms with Gasteiger partial charge in [-0.15, -0.1) is 0 Å². The highest BCUT2D eigenvalue weighted by Crippen LogP contribution is 1.96. The molecule has 0 fully saturated rings. The van der Waals surface area contributed by atoms with Gasteiger partial charge in [0.05, 0.1) is 0 Å². The van der Waals surface area contributed by atoms with E-state index in [-0.39, 0.29) is 11.6 Å². The van der Waals surface area contributed by atoms with Crippen LogP contribution in [0.3, 0.4) is 0 Å². The maximum atomic E-state index is 11.3. The SMILES string of the molecule is CCCC(=O)n1cc(CC)[nH]c1=O. The van der Waals surface area contributed by atoms with E-state index in [1.165, 1.54) is 0 Å². The molecule has 1 rings (SSSR count). The fraction of sp³-hybridized carbons (Fsp3) is 0.556. The molecule has 72 valence electrons. The molecule has 0 aliphatic carbocycles. The maximum absolute atomic E-state index is 11.3. The van der Waals surface area contributed by atoms with Crippen molar-refractivity contribution in [3.05, 3.63) is 22.4 Å². The highest BCUT2D eigenvalue weighted by Gasteiger charge is 2.08. The number of carbonyl (C=O) groups excluding carboxylic acids is 1. The number of aromatic nitrogens is 2. The summed E-state index contributed by atoms with van der Waals surface area (Å²) in [6.07, 6.45) is 3.50. The van der Waals surface area contributed by atoms with Crippen LogP contribution in [0.15, 0.2) is 11.0 Å². The molecule has 4 nitrogen and oxygen atoms in total. The molecular weight excluding hydrogens is 168 g/mol. The van der Waals surface area contributed by atoms with Gasteiger partial charge >= 0.3 is 5.69 Å². The van der Waals surface area contributed by atoms with Gasteiger partial charge in [0.15, 0.2) is 0 Å². The molecule has 0 bridgehead atoms. The molecule has 4 heteroatoms. The van der Waals surface area contributed by atoms with Crippen LogP contribution in [0, 0.1) is 0 Å². The number of rotatable bonds is 3. The van der Waals surface area contributed by atoms with Crippen LogP contribution in [0.5, 0.6) is 0 Å². The molecule has 0 aromatic carbocycles. The lowest BCUT2D eigenvalue weighted by Crippen LogP contribution is -2.23. The number of nitrogens with zero attached hydrogens (tertiary/aromatic N) is 1. The molecule has 1 N–H and O–H groups in total. The number of aromatic amines is 1. The molecule has 0 aliphatic heterocycles. The summed E-state index contributed by atoms with van der Waals surface area (Å²) in [5.74, 6) is -0.136. The minimum Gasteiger partial charge on any atom is -0.309 e. The van der Waals surface area contributed by atoms with Gasteiger partial charge in [-0.1, -0.05) is 13.8 Å². The van der Waals surface area contributed by atoms with E-state index in [1.54, 1.807) is 6.20 Å². The standard InChI is InChI=1S/C9H14N2O2/c1-3-5-8(12)11-6-7(4-2)10-9(11)13/h6H,3-5H2,1-2H3,(H,10,13). The van der Waals surface area contributed by atoms with Crippen molar-refractivity contribution in [3.63, 3.8) is 0 Å². The third-order valence-electron chi connectivity index (χ3n) is 1.88. The molecule has 0 atom stereocenters. The molecular formula is C9H14N2O2. The Morgan fingerprint density at radius 1 is 1.54 bits per heavy atom. The number of carbonyl (C=O) groups is 1. The molecule has 0 spiro atoms. The first-order valence-corrected chi connectivity index (χ1v) is 4.52. The van der Waals surface area contributed by atoms with Crippen molar-refractivity contribution in [2.45, 2.75) is 33.1 Å². The normalized spacial score (nSPS) is 10.3. The van der Waals surface area contributed by atoms with Crippen molar-refractivity contribution in [2.75, 3.05) is 0 Å². The molecule has 0 amide bonds. The van der Waals surface area contributed by atoms with Crippen molar-refractivity contribution in [3.8, 4) is 0 Å². The number of hydrogen-bond acceptors (Lipinski definition) is 2. The van der Waals surface area contributed by atoms with Crippen LogP contribution in [0.4, 0.5) is 0 Å². The van der Waals surface area contributed by atoms with Crippen LogP contribution in [-0.2, 0) is 6.42 Å². The molecule has 13 heavy (non-hydrogen) atoms. The number of aryl methyl sites for hydroxylation is 1. The van der Waals surface area contributed by atoms with E-state index in [9.17, 15) is 9.59 Å². The Morgan fingerprint density at radius 2 is 2.23 bits per heavy atom. The van der Waals surface area contributed by atoms with Gasteiger partial charge in [0.2, 0.25) is 5.91 Å². The van der Waals surface area contributed by atoms with E-state index < -0.39 is 0 Å². The first kappa shape index (κ1) is 9.77. The zero-order chi connectivity index (χ0) is 9.84. The molecule has 0 unspecified atom stereocenters. The van der Waals surface area contributed by atoms with Crippen molar-refractivity contribution in [2.24, 2.45) is 0 Å². The first-order valence-electron chi connectivity index (χ1n) is 4.52. The first-order chi connectivity index (χ1) is 6.19. The second-order valence-corrected chi connectivity index (χ2v) is 2.95. The van der Waals surface area contributed by atoms with Crippen molar-refractivity contribution in [1.29, 1.82) is 0 Å². The largest absolute Gasteiger partial charge is 0.332 e. The Bertz CT molecular complexity index is 349. The van der Waals surface area contributed by atoms with Gasteiger partial charge in [-0.25, -0.2) is 9.36 Å². The molecule has 0 saturated heterocycles. The second kappa shape index (κ2) is 4.07. The zero-order valence-electron chi connectivity index (χ0n) is 7.96. The Kier molecular flexibility index (Phi) is 3.06. The minimum atomic E-state index is -0.324. The van der Waals surface area contributed by atoms with Crippen LogP contribution >= 0.6 is 0 Å². The van der Waals surface area contributed by atoms with Gasteiger partial charge in [-0.2, -0.15) is 0 Å². The van der Waals surface area contributed by atoms with Crippen molar-refractivity contribution in [1.82, 2.24) is 9.55 Å². The molecule has 1 aromatic heterocycles. The van der Waals surface area contributed by atoms with E-state index in [0.717, 1.165) is 23.1 Å². The lowest BCUT2D eigenvalue weighted by atomic mass is 10.3. The number of imidazole rings is 1. The summed E-state index contributed by atoms with van der Waals surface area (Å²) in [5.41, 5.74) is 0.477. The topological polar surface area (TPSA) is 54.9 Å². The van der Waals surface area contributed by atoms with E-state index in [1.807, 2.05) is 13.8 Å². The predicted molar refractivity (Wildman–Crippen MR) is 50.0 cm³/mol. The van der Waals surface area contributed by atoms with Gasteiger partial charge < -0.3 is 4.98 Å². The third-order valence-corrected chi connectivity index (χ3v) is 1.88. The lowest BCUT2D eigenvalue weighted by Gasteiger charge is -1.95. The zero-order valence-corrected chi connectivity index (χ0v) is 7.96. The fourth-order valence-electron chi connectivity index (χ4n) is 1.14. The molecule has 1 aromatic rings. The predicted octanol–water partition coefficient (Wildman–Crippen LogP) is 1.18. The quantitative estimate of drug-likeness (QED) is 0.763. The fourth-order valence-corrected chi connectivity index (χ4v) is 1.14.